The van der Waals surface area contributed by atoms with Gasteiger partial charge in [-0.2, -0.15) is 13.2 Å². The van der Waals surface area contributed by atoms with Gasteiger partial charge in [-0.15, -0.1) is 0 Å². The number of carbonyl (C=O) groups is 1. The summed E-state index contributed by atoms with van der Waals surface area (Å²) in [7, 11) is 0. The maximum atomic E-state index is 13.0. The van der Waals surface area contributed by atoms with Crippen LogP contribution in [0.1, 0.15) is 28.5 Å². The van der Waals surface area contributed by atoms with Gasteiger partial charge in [0.2, 0.25) is 0 Å². The fourth-order valence-corrected chi connectivity index (χ4v) is 3.57. The minimum atomic E-state index is -4.44. The van der Waals surface area contributed by atoms with Gasteiger partial charge in [0.1, 0.15) is 0 Å². The van der Waals surface area contributed by atoms with Gasteiger partial charge in [0.05, 0.1) is 29.1 Å². The lowest BCUT2D eigenvalue weighted by atomic mass is 10.1. The Bertz CT molecular complexity index is 1010. The van der Waals surface area contributed by atoms with E-state index < -0.39 is 17.7 Å². The molecule has 3 rings (SSSR count). The molecule has 0 bridgehead atoms. The van der Waals surface area contributed by atoms with E-state index in [1.165, 1.54) is 6.07 Å². The summed E-state index contributed by atoms with van der Waals surface area (Å²) in [6.45, 7) is 3.69. The van der Waals surface area contributed by atoms with E-state index in [1.807, 2.05) is 30.3 Å². The Morgan fingerprint density at radius 2 is 1.79 bits per heavy atom. The molecule has 3 nitrogen and oxygen atoms in total. The van der Waals surface area contributed by atoms with Crippen molar-refractivity contribution in [1.82, 2.24) is 4.57 Å². The highest BCUT2D eigenvalue weighted by molar-refractivity contribution is 9.10. The number of esters is 1. The molecule has 0 aliphatic rings. The maximum absolute atomic E-state index is 13.0. The first-order valence-corrected chi connectivity index (χ1v) is 9.35. The number of hydrogen-bond donors (Lipinski definition) is 0. The Balaban J connectivity index is 2.23. The highest BCUT2D eigenvalue weighted by Crippen LogP contribution is 2.37. The Morgan fingerprint density at radius 1 is 1.11 bits per heavy atom. The lowest BCUT2D eigenvalue weighted by Crippen LogP contribution is -2.08. The number of rotatable bonds is 4. The lowest BCUT2D eigenvalue weighted by Gasteiger charge is -2.16. The number of aromatic nitrogens is 1. The van der Waals surface area contributed by atoms with E-state index in [2.05, 4.69) is 15.9 Å². The van der Waals surface area contributed by atoms with Gasteiger partial charge in [-0.05, 0) is 59.6 Å². The van der Waals surface area contributed by atoms with Crippen molar-refractivity contribution in [2.45, 2.75) is 20.0 Å². The maximum Gasteiger partial charge on any atom is 0.416 e. The van der Waals surface area contributed by atoms with Crippen molar-refractivity contribution in [2.75, 3.05) is 6.61 Å². The SMILES string of the molecule is CCOC(=O)c1cc(-c2ccccc2)n(-c2ccc(C(F)(F)F)cc2Br)c1C. The van der Waals surface area contributed by atoms with Gasteiger partial charge in [0.15, 0.2) is 0 Å². The number of ether oxygens (including phenoxy) is 1. The van der Waals surface area contributed by atoms with E-state index in [0.29, 0.717) is 22.6 Å². The summed E-state index contributed by atoms with van der Waals surface area (Å²) in [5, 5.41) is 0. The van der Waals surface area contributed by atoms with E-state index >= 15 is 0 Å². The molecule has 0 fully saturated rings. The largest absolute Gasteiger partial charge is 0.462 e. The number of hydrogen-bond acceptors (Lipinski definition) is 2. The quantitative estimate of drug-likeness (QED) is 0.429. The Morgan fingerprint density at radius 3 is 2.36 bits per heavy atom. The van der Waals surface area contributed by atoms with E-state index in [9.17, 15) is 18.0 Å². The summed E-state index contributed by atoms with van der Waals surface area (Å²) in [5.41, 5.74) is 2.21. The molecule has 0 radical (unpaired) electrons. The van der Waals surface area contributed by atoms with Crippen molar-refractivity contribution >= 4 is 21.9 Å². The third kappa shape index (κ3) is 3.85. The van der Waals surface area contributed by atoms with Crippen LogP contribution in [-0.4, -0.2) is 17.1 Å². The molecule has 146 valence electrons. The fourth-order valence-electron chi connectivity index (χ4n) is 3.02. The average molecular weight is 452 g/mol. The van der Waals surface area contributed by atoms with Gasteiger partial charge in [-0.1, -0.05) is 30.3 Å². The molecule has 2 aromatic carbocycles. The second-order valence-electron chi connectivity index (χ2n) is 6.11. The summed E-state index contributed by atoms with van der Waals surface area (Å²) in [4.78, 5) is 12.4. The number of halogens is 4. The first kappa shape index (κ1) is 20.2. The van der Waals surface area contributed by atoms with Crippen molar-refractivity contribution < 1.29 is 22.7 Å². The zero-order valence-corrected chi connectivity index (χ0v) is 16.8. The molecule has 7 heteroatoms. The van der Waals surface area contributed by atoms with Crippen LogP contribution in [0.3, 0.4) is 0 Å². The summed E-state index contributed by atoms with van der Waals surface area (Å²) in [6, 6.07) is 14.5. The Kier molecular flexibility index (Phi) is 5.65. The van der Waals surface area contributed by atoms with Crippen LogP contribution in [0.25, 0.3) is 16.9 Å². The first-order chi connectivity index (χ1) is 13.2. The normalized spacial score (nSPS) is 11.5. The van der Waals surface area contributed by atoms with Crippen molar-refractivity contribution in [3.63, 3.8) is 0 Å². The van der Waals surface area contributed by atoms with Crippen LogP contribution in [-0.2, 0) is 10.9 Å². The lowest BCUT2D eigenvalue weighted by molar-refractivity contribution is -0.137. The van der Waals surface area contributed by atoms with Gasteiger partial charge < -0.3 is 9.30 Å². The predicted molar refractivity (Wildman–Crippen MR) is 105 cm³/mol. The Hall–Kier alpha value is -2.54. The van der Waals surface area contributed by atoms with Gasteiger partial charge in [-0.25, -0.2) is 4.79 Å². The average Bonchev–Trinajstić information content (AvgIpc) is 2.99. The topological polar surface area (TPSA) is 31.2 Å². The molecule has 0 saturated heterocycles. The summed E-state index contributed by atoms with van der Waals surface area (Å²) in [6.07, 6.45) is -4.44. The van der Waals surface area contributed by atoms with Crippen LogP contribution in [0.4, 0.5) is 13.2 Å². The summed E-state index contributed by atoms with van der Waals surface area (Å²) in [5.74, 6) is -0.473. The van der Waals surface area contributed by atoms with Crippen LogP contribution < -0.4 is 0 Å². The molecule has 3 aromatic rings. The summed E-state index contributed by atoms with van der Waals surface area (Å²) < 4.78 is 46.3. The molecule has 0 N–H and O–H groups in total. The van der Waals surface area contributed by atoms with Crippen LogP contribution in [0.5, 0.6) is 0 Å². The monoisotopic (exact) mass is 451 g/mol. The molecule has 0 aliphatic carbocycles. The molecule has 0 spiro atoms. The van der Waals surface area contributed by atoms with Crippen LogP contribution in [0.15, 0.2) is 59.1 Å². The number of nitrogens with zero attached hydrogens (tertiary/aromatic N) is 1. The molecule has 0 aliphatic heterocycles. The van der Waals surface area contributed by atoms with Gasteiger partial charge in [0.25, 0.3) is 0 Å². The standard InChI is InChI=1S/C21H17BrF3NO2/c1-3-28-20(27)16-12-19(14-7-5-4-6-8-14)26(13(16)2)18-10-9-15(11-17(18)22)21(23,24)25/h4-12H,3H2,1-2H3. The molecular formula is C21H17BrF3NO2. The highest BCUT2D eigenvalue weighted by Gasteiger charge is 2.31. The van der Waals surface area contributed by atoms with E-state index in [4.69, 9.17) is 4.74 Å². The van der Waals surface area contributed by atoms with E-state index in [0.717, 1.165) is 17.7 Å². The molecular weight excluding hydrogens is 435 g/mol. The number of alkyl halides is 3. The van der Waals surface area contributed by atoms with Gasteiger partial charge >= 0.3 is 12.1 Å². The molecule has 0 amide bonds. The van der Waals surface area contributed by atoms with Gasteiger partial charge in [-0.3, -0.25) is 0 Å². The second kappa shape index (κ2) is 7.83. The van der Waals surface area contributed by atoms with Crippen molar-refractivity contribution in [2.24, 2.45) is 0 Å². The first-order valence-electron chi connectivity index (χ1n) is 8.56. The summed E-state index contributed by atoms with van der Waals surface area (Å²) >= 11 is 3.26. The van der Waals surface area contributed by atoms with Crippen molar-refractivity contribution in [1.29, 1.82) is 0 Å². The second-order valence-corrected chi connectivity index (χ2v) is 6.97. The zero-order valence-electron chi connectivity index (χ0n) is 15.2. The van der Waals surface area contributed by atoms with Crippen molar-refractivity contribution in [3.05, 3.63) is 75.9 Å². The molecule has 0 atom stereocenters. The smallest absolute Gasteiger partial charge is 0.416 e. The molecule has 0 saturated carbocycles. The third-order valence-electron chi connectivity index (χ3n) is 4.33. The van der Waals surface area contributed by atoms with Crippen LogP contribution >= 0.6 is 15.9 Å². The minimum absolute atomic E-state index is 0.230. The molecule has 1 heterocycles. The predicted octanol–water partition coefficient (Wildman–Crippen LogP) is 6.41. The highest BCUT2D eigenvalue weighted by atomic mass is 79.9. The minimum Gasteiger partial charge on any atom is -0.462 e. The third-order valence-corrected chi connectivity index (χ3v) is 4.96. The molecule has 0 unspecified atom stereocenters. The molecule has 1 aromatic heterocycles. The fraction of sp³-hybridized carbons (Fsp3) is 0.190. The van der Waals surface area contributed by atoms with Gasteiger partial charge in [0, 0.05) is 10.2 Å². The van der Waals surface area contributed by atoms with Crippen LogP contribution in [0, 0.1) is 6.92 Å². The van der Waals surface area contributed by atoms with Crippen LogP contribution in [0.2, 0.25) is 0 Å². The van der Waals surface area contributed by atoms with Crippen molar-refractivity contribution in [3.8, 4) is 16.9 Å². The number of benzene rings is 2. The molecule has 28 heavy (non-hydrogen) atoms. The van der Waals surface area contributed by atoms with E-state index in [-0.39, 0.29) is 11.1 Å². The number of carbonyl (C=O) groups excluding carboxylic acids is 1. The van der Waals surface area contributed by atoms with E-state index in [1.54, 1.807) is 24.5 Å². The Labute approximate surface area is 168 Å². The zero-order chi connectivity index (χ0) is 20.5.